The zero-order chi connectivity index (χ0) is 14.0. The number of carboxylic acids is 2. The van der Waals surface area contributed by atoms with Gasteiger partial charge in [0.05, 0.1) is 0 Å². The van der Waals surface area contributed by atoms with Gasteiger partial charge in [0, 0.05) is 19.5 Å². The molecule has 6 nitrogen and oxygen atoms in total. The number of rotatable bonds is 4. The molecule has 0 saturated carbocycles. The summed E-state index contributed by atoms with van der Waals surface area (Å²) in [6, 6.07) is 8.46. The van der Waals surface area contributed by atoms with Crippen molar-refractivity contribution in [1.82, 2.24) is 4.90 Å². The van der Waals surface area contributed by atoms with E-state index in [2.05, 4.69) is 0 Å². The summed E-state index contributed by atoms with van der Waals surface area (Å²) in [6.07, 6.45) is -0.0789. The zero-order valence-electron chi connectivity index (χ0n) is 10.3. The third-order valence-corrected chi connectivity index (χ3v) is 3.42. The fraction of sp³-hybridized carbons (Fsp3) is 0.385. The second-order valence-corrected chi connectivity index (χ2v) is 4.91. The van der Waals surface area contributed by atoms with Gasteiger partial charge in [-0.05, 0) is 5.56 Å². The molecule has 19 heavy (non-hydrogen) atoms. The molecule has 4 N–H and O–H groups in total. The summed E-state index contributed by atoms with van der Waals surface area (Å²) in [5, 5.41) is 18.3. The topological polar surface area (TPSA) is 104 Å². The van der Waals surface area contributed by atoms with Crippen LogP contribution in [0.5, 0.6) is 0 Å². The van der Waals surface area contributed by atoms with Gasteiger partial charge in [0.15, 0.2) is 0 Å². The van der Waals surface area contributed by atoms with Crippen LogP contribution in [-0.4, -0.2) is 45.2 Å². The number of aliphatic carboxylic acids is 2. The molecule has 0 spiro atoms. The van der Waals surface area contributed by atoms with E-state index in [0.29, 0.717) is 6.54 Å². The number of nitrogens with two attached hydrogens (primary N) is 1. The number of carbonyl (C=O) groups is 2. The number of likely N-dealkylation sites (tertiary alicyclic amines) is 1. The molecule has 0 radical (unpaired) electrons. The molecule has 0 amide bonds. The van der Waals surface area contributed by atoms with Gasteiger partial charge in [0.1, 0.15) is 11.6 Å². The highest BCUT2D eigenvalue weighted by Gasteiger charge is 2.49. The number of hydrogen-bond donors (Lipinski definition) is 3. The molecule has 1 aromatic carbocycles. The van der Waals surface area contributed by atoms with Gasteiger partial charge >= 0.3 is 11.9 Å². The third-order valence-electron chi connectivity index (χ3n) is 3.42. The van der Waals surface area contributed by atoms with Crippen molar-refractivity contribution in [2.24, 2.45) is 5.73 Å². The fourth-order valence-corrected chi connectivity index (χ4v) is 2.39. The van der Waals surface area contributed by atoms with Crippen LogP contribution in [0.15, 0.2) is 30.3 Å². The van der Waals surface area contributed by atoms with Crippen LogP contribution in [0.25, 0.3) is 0 Å². The number of nitrogens with zero attached hydrogens (tertiary/aromatic N) is 1. The SMILES string of the molecule is N[C@@]1(C(=O)O)C[C@@H](C(=O)O)N(Cc2ccccc2)C1. The lowest BCUT2D eigenvalue weighted by atomic mass is 9.98. The second-order valence-electron chi connectivity index (χ2n) is 4.91. The first kappa shape index (κ1) is 13.5. The summed E-state index contributed by atoms with van der Waals surface area (Å²) in [4.78, 5) is 24.0. The first-order valence-electron chi connectivity index (χ1n) is 5.95. The van der Waals surface area contributed by atoms with Crippen molar-refractivity contribution in [2.45, 2.75) is 24.5 Å². The average Bonchev–Trinajstić information content (AvgIpc) is 2.69. The van der Waals surface area contributed by atoms with E-state index in [1.54, 1.807) is 4.90 Å². The fourth-order valence-electron chi connectivity index (χ4n) is 2.39. The Hall–Kier alpha value is -1.92. The molecule has 1 aliphatic heterocycles. The van der Waals surface area contributed by atoms with Gasteiger partial charge in [-0.3, -0.25) is 14.5 Å². The van der Waals surface area contributed by atoms with E-state index in [4.69, 9.17) is 10.8 Å². The highest BCUT2D eigenvalue weighted by Crippen LogP contribution is 2.27. The molecule has 0 aromatic heterocycles. The van der Waals surface area contributed by atoms with Crippen LogP contribution in [0, 0.1) is 0 Å². The summed E-state index contributed by atoms with van der Waals surface area (Å²) in [5.74, 6) is -2.20. The summed E-state index contributed by atoms with van der Waals surface area (Å²) < 4.78 is 0. The summed E-state index contributed by atoms with van der Waals surface area (Å²) in [5.41, 5.74) is 5.22. The Morgan fingerprint density at radius 2 is 1.95 bits per heavy atom. The molecular weight excluding hydrogens is 248 g/mol. The Kier molecular flexibility index (Phi) is 3.55. The van der Waals surface area contributed by atoms with Crippen molar-refractivity contribution in [3.8, 4) is 0 Å². The Bertz CT molecular complexity index is 491. The molecule has 6 heteroatoms. The van der Waals surface area contributed by atoms with Crippen LogP contribution in [0.4, 0.5) is 0 Å². The van der Waals surface area contributed by atoms with Crippen molar-refractivity contribution in [2.75, 3.05) is 6.54 Å². The molecule has 1 aromatic rings. The zero-order valence-corrected chi connectivity index (χ0v) is 10.3. The molecule has 2 atom stereocenters. The quantitative estimate of drug-likeness (QED) is 0.714. The molecule has 0 aliphatic carbocycles. The minimum atomic E-state index is -1.49. The molecule has 1 aliphatic rings. The number of carboxylic acid groups (broad SMARTS) is 2. The maximum atomic E-state index is 11.2. The number of benzene rings is 1. The van der Waals surface area contributed by atoms with Crippen LogP contribution >= 0.6 is 0 Å². The summed E-state index contributed by atoms with van der Waals surface area (Å²) in [6.45, 7) is 0.415. The van der Waals surface area contributed by atoms with E-state index >= 15 is 0 Å². The lowest BCUT2D eigenvalue weighted by Crippen LogP contribution is -2.50. The van der Waals surface area contributed by atoms with Crippen molar-refractivity contribution < 1.29 is 19.8 Å². The standard InChI is InChI=1S/C13H16N2O4/c14-13(12(18)19)6-10(11(16)17)15(8-13)7-9-4-2-1-3-5-9/h1-5,10H,6-8,14H2,(H,16,17)(H,18,19)/t10-,13-/m0/s1. The smallest absolute Gasteiger partial charge is 0.325 e. The van der Waals surface area contributed by atoms with Crippen LogP contribution in [0.2, 0.25) is 0 Å². The van der Waals surface area contributed by atoms with Crippen molar-refractivity contribution >= 4 is 11.9 Å². The maximum absolute atomic E-state index is 11.2. The van der Waals surface area contributed by atoms with Crippen LogP contribution < -0.4 is 5.73 Å². The van der Waals surface area contributed by atoms with Gasteiger partial charge in [-0.2, -0.15) is 0 Å². The van der Waals surface area contributed by atoms with Crippen LogP contribution in [-0.2, 0) is 16.1 Å². The molecule has 1 fully saturated rings. The molecule has 102 valence electrons. The van der Waals surface area contributed by atoms with Crippen molar-refractivity contribution in [3.63, 3.8) is 0 Å². The Morgan fingerprint density at radius 3 is 2.47 bits per heavy atom. The minimum Gasteiger partial charge on any atom is -0.480 e. The molecular formula is C13H16N2O4. The maximum Gasteiger partial charge on any atom is 0.325 e. The second kappa shape index (κ2) is 4.99. The van der Waals surface area contributed by atoms with Crippen molar-refractivity contribution in [1.29, 1.82) is 0 Å². The van der Waals surface area contributed by atoms with Gasteiger partial charge in [-0.1, -0.05) is 30.3 Å². The minimum absolute atomic E-state index is 0.0359. The summed E-state index contributed by atoms with van der Waals surface area (Å²) >= 11 is 0. The first-order chi connectivity index (χ1) is 8.92. The lowest BCUT2D eigenvalue weighted by molar-refractivity contribution is -0.142. The van der Waals surface area contributed by atoms with Gasteiger partial charge in [-0.15, -0.1) is 0 Å². The normalized spacial score (nSPS) is 27.3. The third kappa shape index (κ3) is 2.74. The van der Waals surface area contributed by atoms with Gasteiger partial charge < -0.3 is 15.9 Å². The van der Waals surface area contributed by atoms with Crippen LogP contribution in [0.3, 0.4) is 0 Å². The van der Waals surface area contributed by atoms with E-state index in [1.807, 2.05) is 30.3 Å². The molecule has 1 saturated heterocycles. The average molecular weight is 264 g/mol. The van der Waals surface area contributed by atoms with E-state index in [-0.39, 0.29) is 13.0 Å². The molecule has 0 unspecified atom stereocenters. The van der Waals surface area contributed by atoms with E-state index in [1.165, 1.54) is 0 Å². The van der Waals surface area contributed by atoms with Crippen LogP contribution in [0.1, 0.15) is 12.0 Å². The van der Waals surface area contributed by atoms with Gasteiger partial charge in [0.2, 0.25) is 0 Å². The van der Waals surface area contributed by atoms with Gasteiger partial charge in [-0.25, -0.2) is 0 Å². The number of hydrogen-bond acceptors (Lipinski definition) is 4. The van der Waals surface area contributed by atoms with E-state index < -0.39 is 23.5 Å². The monoisotopic (exact) mass is 264 g/mol. The van der Waals surface area contributed by atoms with E-state index in [9.17, 15) is 14.7 Å². The largest absolute Gasteiger partial charge is 0.480 e. The first-order valence-corrected chi connectivity index (χ1v) is 5.95. The Balaban J connectivity index is 2.18. The molecule has 2 rings (SSSR count). The van der Waals surface area contributed by atoms with Crippen molar-refractivity contribution in [3.05, 3.63) is 35.9 Å². The highest BCUT2D eigenvalue weighted by atomic mass is 16.4. The van der Waals surface area contributed by atoms with E-state index in [0.717, 1.165) is 5.56 Å². The van der Waals surface area contributed by atoms with Gasteiger partial charge in [0.25, 0.3) is 0 Å². The Morgan fingerprint density at radius 1 is 1.32 bits per heavy atom. The Labute approximate surface area is 110 Å². The lowest BCUT2D eigenvalue weighted by Gasteiger charge is -2.21. The predicted octanol–water partition coefficient (Wildman–Crippen LogP) is 0.128. The molecule has 0 bridgehead atoms. The highest BCUT2D eigenvalue weighted by molar-refractivity contribution is 5.83. The summed E-state index contributed by atoms with van der Waals surface area (Å²) in [7, 11) is 0. The molecule has 1 heterocycles. The predicted molar refractivity (Wildman–Crippen MR) is 67.4 cm³/mol.